The van der Waals surface area contributed by atoms with Gasteiger partial charge in [-0.05, 0) is 65.4 Å². The second-order valence-corrected chi connectivity index (χ2v) is 9.07. The minimum absolute atomic E-state index is 0.109. The molecule has 34 heavy (non-hydrogen) atoms. The van der Waals surface area contributed by atoms with E-state index in [-0.39, 0.29) is 18.6 Å². The number of fused-ring (bicyclic) bond motifs is 6. The molecular formula is C28H27FN2O3. The molecule has 0 amide bonds. The molecule has 2 aliphatic heterocycles. The van der Waals surface area contributed by atoms with Crippen molar-refractivity contribution >= 4 is 10.9 Å². The van der Waals surface area contributed by atoms with E-state index in [1.54, 1.807) is 19.2 Å². The fourth-order valence-electron chi connectivity index (χ4n) is 5.60. The lowest BCUT2D eigenvalue weighted by Gasteiger charge is -2.41. The van der Waals surface area contributed by atoms with Crippen LogP contribution in [0.3, 0.4) is 0 Å². The third-order valence-electron chi connectivity index (χ3n) is 7.27. The zero-order valence-electron chi connectivity index (χ0n) is 19.1. The molecule has 0 radical (unpaired) electrons. The van der Waals surface area contributed by atoms with E-state index in [1.807, 2.05) is 34.9 Å². The summed E-state index contributed by atoms with van der Waals surface area (Å²) < 4.78 is 27.9. The van der Waals surface area contributed by atoms with E-state index >= 15 is 0 Å². The number of ether oxygens (including phenoxy) is 2. The van der Waals surface area contributed by atoms with Crippen LogP contribution in [0.4, 0.5) is 4.39 Å². The van der Waals surface area contributed by atoms with Crippen LogP contribution >= 0.6 is 0 Å². The SMILES string of the molecule is COc1cc2c(cc1OCc1ccccc1)CCN1Cc3c(c4cc(F)ccc4n3CO)CC21. The molecule has 4 aromatic rings. The van der Waals surface area contributed by atoms with Crippen LogP contribution in [0.2, 0.25) is 0 Å². The standard InChI is InChI=1S/C28H27FN2O3/c1-33-27-14-21-19(11-28(27)34-16-18-5-3-2-4-6-18)9-10-30-15-26-23(13-25(21)30)22-12-20(29)7-8-24(22)31(26)17-32/h2-8,11-12,14,25,32H,9-10,13,15-17H2,1H3. The quantitative estimate of drug-likeness (QED) is 0.459. The first-order valence-corrected chi connectivity index (χ1v) is 11.7. The topological polar surface area (TPSA) is 46.9 Å². The Balaban J connectivity index is 1.36. The fraction of sp³-hybridized carbons (Fsp3) is 0.286. The number of hydrogen-bond acceptors (Lipinski definition) is 4. The van der Waals surface area contributed by atoms with E-state index in [4.69, 9.17) is 9.47 Å². The van der Waals surface area contributed by atoms with Gasteiger partial charge >= 0.3 is 0 Å². The maximum Gasteiger partial charge on any atom is 0.161 e. The van der Waals surface area contributed by atoms with Crippen LogP contribution < -0.4 is 9.47 Å². The Kier molecular flexibility index (Phi) is 5.27. The molecule has 3 heterocycles. The van der Waals surface area contributed by atoms with Crippen LogP contribution in [-0.2, 0) is 32.7 Å². The Hall–Kier alpha value is -3.35. The predicted octanol–water partition coefficient (Wildman–Crippen LogP) is 4.97. The van der Waals surface area contributed by atoms with Gasteiger partial charge in [-0.25, -0.2) is 4.39 Å². The molecule has 174 valence electrons. The summed E-state index contributed by atoms with van der Waals surface area (Å²) in [6.45, 7) is 2.03. The smallest absolute Gasteiger partial charge is 0.161 e. The van der Waals surface area contributed by atoms with Crippen LogP contribution in [0, 0.1) is 5.82 Å². The maximum absolute atomic E-state index is 14.1. The van der Waals surface area contributed by atoms with Crippen LogP contribution in [0.5, 0.6) is 11.5 Å². The van der Waals surface area contributed by atoms with Gasteiger partial charge in [0, 0.05) is 30.2 Å². The summed E-state index contributed by atoms with van der Waals surface area (Å²) in [6.07, 6.45) is 1.68. The van der Waals surface area contributed by atoms with Crippen LogP contribution in [0.15, 0.2) is 60.7 Å². The second kappa shape index (κ2) is 8.46. The van der Waals surface area contributed by atoms with Gasteiger partial charge in [0.05, 0.1) is 12.6 Å². The molecular weight excluding hydrogens is 431 g/mol. The highest BCUT2D eigenvalue weighted by Gasteiger charge is 2.36. The van der Waals surface area contributed by atoms with Crippen molar-refractivity contribution in [3.63, 3.8) is 0 Å². The summed E-state index contributed by atoms with van der Waals surface area (Å²) in [7, 11) is 1.67. The van der Waals surface area contributed by atoms with E-state index in [2.05, 4.69) is 17.0 Å². The van der Waals surface area contributed by atoms with Crippen molar-refractivity contribution in [1.82, 2.24) is 9.47 Å². The molecule has 0 fully saturated rings. The summed E-state index contributed by atoms with van der Waals surface area (Å²) in [5, 5.41) is 10.9. The molecule has 0 bridgehead atoms. The van der Waals surface area contributed by atoms with Crippen molar-refractivity contribution in [2.45, 2.75) is 38.8 Å². The number of aliphatic hydroxyl groups excluding tert-OH is 1. The molecule has 6 rings (SSSR count). The van der Waals surface area contributed by atoms with Gasteiger partial charge in [0.15, 0.2) is 11.5 Å². The lowest BCUT2D eigenvalue weighted by molar-refractivity contribution is 0.145. The van der Waals surface area contributed by atoms with E-state index in [1.165, 1.54) is 17.2 Å². The molecule has 0 saturated carbocycles. The van der Waals surface area contributed by atoms with Crippen LogP contribution in [0.25, 0.3) is 10.9 Å². The lowest BCUT2D eigenvalue weighted by atomic mass is 9.85. The van der Waals surface area contributed by atoms with Gasteiger partial charge in [-0.3, -0.25) is 4.90 Å². The van der Waals surface area contributed by atoms with E-state index in [0.717, 1.165) is 65.2 Å². The van der Waals surface area contributed by atoms with Gasteiger partial charge < -0.3 is 19.1 Å². The summed E-state index contributed by atoms with van der Waals surface area (Å²) in [4.78, 5) is 2.45. The summed E-state index contributed by atoms with van der Waals surface area (Å²) in [5.74, 6) is 1.24. The Morgan fingerprint density at radius 2 is 1.91 bits per heavy atom. The first-order valence-electron chi connectivity index (χ1n) is 11.7. The Morgan fingerprint density at radius 1 is 1.06 bits per heavy atom. The Labute approximate surface area is 198 Å². The van der Waals surface area contributed by atoms with Gasteiger partial charge in [0.25, 0.3) is 0 Å². The summed E-state index contributed by atoms with van der Waals surface area (Å²) in [5.41, 5.74) is 6.71. The highest BCUT2D eigenvalue weighted by atomic mass is 19.1. The van der Waals surface area contributed by atoms with Crippen molar-refractivity contribution in [2.24, 2.45) is 0 Å². The molecule has 0 aliphatic carbocycles. The van der Waals surface area contributed by atoms with Crippen molar-refractivity contribution in [3.8, 4) is 11.5 Å². The number of methoxy groups -OCH3 is 1. The molecule has 1 unspecified atom stereocenters. The Bertz CT molecular complexity index is 1370. The molecule has 0 spiro atoms. The van der Waals surface area contributed by atoms with Crippen molar-refractivity contribution in [1.29, 1.82) is 0 Å². The van der Waals surface area contributed by atoms with Gasteiger partial charge in [-0.1, -0.05) is 30.3 Å². The number of nitrogens with zero attached hydrogens (tertiary/aromatic N) is 2. The average molecular weight is 459 g/mol. The number of rotatable bonds is 5. The van der Waals surface area contributed by atoms with Crippen LogP contribution in [-0.4, -0.2) is 28.2 Å². The average Bonchev–Trinajstić information content (AvgIpc) is 3.17. The summed E-state index contributed by atoms with van der Waals surface area (Å²) >= 11 is 0. The third-order valence-corrected chi connectivity index (χ3v) is 7.27. The van der Waals surface area contributed by atoms with Crippen molar-refractivity contribution < 1.29 is 19.0 Å². The number of hydrogen-bond donors (Lipinski definition) is 1. The molecule has 5 nitrogen and oxygen atoms in total. The van der Waals surface area contributed by atoms with Gasteiger partial charge in [0.2, 0.25) is 0 Å². The van der Waals surface area contributed by atoms with Crippen molar-refractivity contribution in [2.75, 3.05) is 13.7 Å². The second-order valence-electron chi connectivity index (χ2n) is 9.07. The Morgan fingerprint density at radius 3 is 2.71 bits per heavy atom. The maximum atomic E-state index is 14.1. The minimum atomic E-state index is -0.251. The molecule has 2 aliphatic rings. The minimum Gasteiger partial charge on any atom is -0.493 e. The third kappa shape index (κ3) is 3.45. The van der Waals surface area contributed by atoms with Gasteiger partial charge in [0.1, 0.15) is 19.2 Å². The number of benzene rings is 3. The zero-order valence-corrected chi connectivity index (χ0v) is 19.1. The number of halogens is 1. The number of aliphatic hydroxyl groups is 1. The molecule has 1 atom stereocenters. The molecule has 3 aromatic carbocycles. The van der Waals surface area contributed by atoms with Gasteiger partial charge in [-0.15, -0.1) is 0 Å². The number of aromatic nitrogens is 1. The van der Waals surface area contributed by atoms with Crippen LogP contribution in [0.1, 0.15) is 34.0 Å². The highest BCUT2D eigenvalue weighted by Crippen LogP contribution is 2.44. The highest BCUT2D eigenvalue weighted by molar-refractivity contribution is 5.86. The van der Waals surface area contributed by atoms with E-state index in [0.29, 0.717) is 6.61 Å². The molecule has 6 heteroatoms. The van der Waals surface area contributed by atoms with E-state index < -0.39 is 0 Å². The van der Waals surface area contributed by atoms with Crippen molar-refractivity contribution in [3.05, 3.63) is 94.4 Å². The first kappa shape index (κ1) is 21.2. The monoisotopic (exact) mass is 458 g/mol. The predicted molar refractivity (Wildman–Crippen MR) is 128 cm³/mol. The largest absolute Gasteiger partial charge is 0.493 e. The van der Waals surface area contributed by atoms with E-state index in [9.17, 15) is 9.50 Å². The molecule has 1 N–H and O–H groups in total. The lowest BCUT2D eigenvalue weighted by Crippen LogP contribution is -2.39. The first-order chi connectivity index (χ1) is 16.7. The summed E-state index contributed by atoms with van der Waals surface area (Å²) in [6, 6.07) is 19.4. The molecule has 1 aromatic heterocycles. The molecule has 0 saturated heterocycles. The normalized spacial score (nSPS) is 17.2. The fourth-order valence-corrected chi connectivity index (χ4v) is 5.60. The zero-order chi connectivity index (χ0) is 23.2. The van der Waals surface area contributed by atoms with Gasteiger partial charge in [-0.2, -0.15) is 0 Å².